The van der Waals surface area contributed by atoms with Gasteiger partial charge < -0.3 is 0 Å². The van der Waals surface area contributed by atoms with Gasteiger partial charge in [0.2, 0.25) is 5.91 Å². The van der Waals surface area contributed by atoms with Crippen LogP contribution < -0.4 is 4.90 Å². The van der Waals surface area contributed by atoms with Crippen LogP contribution in [0, 0.1) is 0 Å². The van der Waals surface area contributed by atoms with E-state index >= 15 is 0 Å². The molecule has 0 radical (unpaired) electrons. The number of rotatable bonds is 1. The first-order valence-corrected chi connectivity index (χ1v) is 6.30. The van der Waals surface area contributed by atoms with Crippen LogP contribution in [0.15, 0.2) is 53.7 Å². The van der Waals surface area contributed by atoms with Crippen molar-refractivity contribution in [1.29, 1.82) is 0 Å². The van der Waals surface area contributed by atoms with Crippen molar-refractivity contribution in [3.63, 3.8) is 0 Å². The molecule has 0 saturated heterocycles. The highest BCUT2D eigenvalue weighted by Gasteiger charge is 2.26. The number of carbonyl (C=O) groups is 1. The minimum absolute atomic E-state index is 0.0988. The van der Waals surface area contributed by atoms with E-state index in [1.165, 1.54) is 11.8 Å². The third-order valence-electron chi connectivity index (χ3n) is 2.59. The Kier molecular flexibility index (Phi) is 2.57. The average molecular weight is 242 g/mol. The van der Waals surface area contributed by atoms with E-state index in [1.54, 1.807) is 11.1 Å². The third kappa shape index (κ3) is 1.80. The Morgan fingerprint density at radius 1 is 1.12 bits per heavy atom. The van der Waals surface area contributed by atoms with Gasteiger partial charge in [0.25, 0.3) is 0 Å². The number of hydrogen-bond acceptors (Lipinski definition) is 3. The normalized spacial score (nSPS) is 14.6. The predicted octanol–water partition coefficient (Wildman–Crippen LogP) is 2.85. The van der Waals surface area contributed by atoms with Crippen molar-refractivity contribution in [1.82, 2.24) is 4.98 Å². The third-order valence-corrected chi connectivity index (χ3v) is 3.57. The summed E-state index contributed by atoms with van der Waals surface area (Å²) in [5, 5.41) is 0.913. The van der Waals surface area contributed by atoms with Crippen molar-refractivity contribution < 1.29 is 4.79 Å². The summed E-state index contributed by atoms with van der Waals surface area (Å²) in [4.78, 5) is 18.1. The van der Waals surface area contributed by atoms with Crippen LogP contribution in [0.25, 0.3) is 0 Å². The van der Waals surface area contributed by atoms with Gasteiger partial charge in [-0.2, -0.15) is 0 Å². The molecule has 0 atom stereocenters. The molecular weight excluding hydrogens is 232 g/mol. The molecule has 0 fully saturated rings. The van der Waals surface area contributed by atoms with Gasteiger partial charge in [0.05, 0.1) is 11.4 Å². The summed E-state index contributed by atoms with van der Waals surface area (Å²) in [6.07, 6.45) is 1.75. The Bertz CT molecular complexity index is 556. The van der Waals surface area contributed by atoms with Crippen LogP contribution in [-0.4, -0.2) is 16.6 Å². The van der Waals surface area contributed by atoms with E-state index < -0.39 is 0 Å². The lowest BCUT2D eigenvalue weighted by atomic mass is 10.2. The zero-order chi connectivity index (χ0) is 11.7. The van der Waals surface area contributed by atoms with Gasteiger partial charge in [0.15, 0.2) is 0 Å². The molecule has 4 heteroatoms. The summed E-state index contributed by atoms with van der Waals surface area (Å²) in [7, 11) is 0. The molecule has 2 aromatic rings. The molecule has 0 aliphatic carbocycles. The topological polar surface area (TPSA) is 33.2 Å². The van der Waals surface area contributed by atoms with E-state index in [4.69, 9.17) is 0 Å². The van der Waals surface area contributed by atoms with Crippen molar-refractivity contribution in [3.05, 3.63) is 48.7 Å². The summed E-state index contributed by atoms with van der Waals surface area (Å²) in [5.41, 5.74) is 1.77. The minimum atomic E-state index is 0.0988. The minimum Gasteiger partial charge on any atom is -0.278 e. The number of carbonyl (C=O) groups excluding carboxylic acids is 1. The fourth-order valence-corrected chi connectivity index (χ4v) is 2.68. The molecule has 3 nitrogen and oxygen atoms in total. The lowest BCUT2D eigenvalue weighted by Gasteiger charge is -2.27. The number of pyridine rings is 1. The number of benzene rings is 1. The van der Waals surface area contributed by atoms with Crippen molar-refractivity contribution in [2.45, 2.75) is 5.03 Å². The Hall–Kier alpha value is -1.81. The van der Waals surface area contributed by atoms with Gasteiger partial charge in [-0.25, -0.2) is 4.98 Å². The second kappa shape index (κ2) is 4.22. The van der Waals surface area contributed by atoms with E-state index in [0.717, 1.165) is 16.4 Å². The highest BCUT2D eigenvalue weighted by molar-refractivity contribution is 8.00. The number of para-hydroxylation sites is 1. The fourth-order valence-electron chi connectivity index (χ4n) is 1.85. The van der Waals surface area contributed by atoms with Crippen LogP contribution in [0.4, 0.5) is 11.4 Å². The largest absolute Gasteiger partial charge is 0.278 e. The summed E-state index contributed by atoms with van der Waals surface area (Å²) in [6.45, 7) is 0. The first-order valence-electron chi connectivity index (χ1n) is 5.32. The predicted molar refractivity (Wildman–Crippen MR) is 68.5 cm³/mol. The monoisotopic (exact) mass is 242 g/mol. The zero-order valence-electron chi connectivity index (χ0n) is 9.04. The molecule has 3 rings (SSSR count). The first kappa shape index (κ1) is 10.4. The van der Waals surface area contributed by atoms with Crippen LogP contribution in [0.3, 0.4) is 0 Å². The van der Waals surface area contributed by atoms with Gasteiger partial charge in [0, 0.05) is 11.9 Å². The molecular formula is C13H10N2OS. The Morgan fingerprint density at radius 2 is 1.94 bits per heavy atom. The molecule has 17 heavy (non-hydrogen) atoms. The maximum atomic E-state index is 12.0. The van der Waals surface area contributed by atoms with Crippen LogP contribution in [0.2, 0.25) is 0 Å². The number of hydrogen-bond donors (Lipinski definition) is 0. The standard InChI is InChI=1S/C13H10N2OS/c16-12-9-17-13-11(7-4-8-14-13)15(12)10-5-2-1-3-6-10/h1-8H,9H2. The first-order chi connectivity index (χ1) is 8.36. The molecule has 0 unspecified atom stereocenters. The number of fused-ring (bicyclic) bond motifs is 1. The summed E-state index contributed by atoms with van der Waals surface area (Å²) >= 11 is 1.49. The summed E-state index contributed by atoms with van der Waals surface area (Å²) in [6, 6.07) is 13.5. The summed E-state index contributed by atoms with van der Waals surface area (Å²) in [5.74, 6) is 0.542. The number of thioether (sulfide) groups is 1. The van der Waals surface area contributed by atoms with Gasteiger partial charge in [-0.3, -0.25) is 9.69 Å². The van der Waals surface area contributed by atoms with E-state index in [2.05, 4.69) is 4.98 Å². The molecule has 1 amide bonds. The van der Waals surface area contributed by atoms with E-state index in [9.17, 15) is 4.79 Å². The Morgan fingerprint density at radius 3 is 2.76 bits per heavy atom. The highest BCUT2D eigenvalue weighted by Crippen LogP contribution is 2.37. The van der Waals surface area contributed by atoms with E-state index in [1.807, 2.05) is 42.5 Å². The second-order valence-corrected chi connectivity index (χ2v) is 4.65. The maximum absolute atomic E-state index is 12.0. The number of aromatic nitrogens is 1. The van der Waals surface area contributed by atoms with E-state index in [-0.39, 0.29) is 5.91 Å². The van der Waals surface area contributed by atoms with Crippen molar-refractivity contribution in [3.8, 4) is 0 Å². The van der Waals surface area contributed by atoms with Crippen molar-refractivity contribution in [2.75, 3.05) is 10.7 Å². The molecule has 1 aromatic carbocycles. The average Bonchev–Trinajstić information content (AvgIpc) is 2.39. The van der Waals surface area contributed by atoms with E-state index in [0.29, 0.717) is 5.75 Å². The number of anilines is 2. The van der Waals surface area contributed by atoms with Gasteiger partial charge in [-0.15, -0.1) is 0 Å². The molecule has 0 N–H and O–H groups in total. The van der Waals surface area contributed by atoms with Crippen molar-refractivity contribution >= 4 is 29.0 Å². The zero-order valence-corrected chi connectivity index (χ0v) is 9.85. The molecule has 84 valence electrons. The van der Waals surface area contributed by atoms with Gasteiger partial charge >= 0.3 is 0 Å². The molecule has 1 aliphatic rings. The SMILES string of the molecule is O=C1CSc2ncccc2N1c1ccccc1. The van der Waals surface area contributed by atoms with Crippen LogP contribution in [0.1, 0.15) is 0 Å². The lowest BCUT2D eigenvalue weighted by molar-refractivity contribution is -0.115. The van der Waals surface area contributed by atoms with Gasteiger partial charge in [-0.05, 0) is 24.3 Å². The smallest absolute Gasteiger partial charge is 0.242 e. The highest BCUT2D eigenvalue weighted by atomic mass is 32.2. The van der Waals surface area contributed by atoms with Crippen LogP contribution in [-0.2, 0) is 4.79 Å². The molecule has 0 saturated carbocycles. The lowest BCUT2D eigenvalue weighted by Crippen LogP contribution is -2.31. The van der Waals surface area contributed by atoms with Crippen LogP contribution in [0.5, 0.6) is 0 Å². The molecule has 1 aromatic heterocycles. The van der Waals surface area contributed by atoms with Crippen molar-refractivity contribution in [2.24, 2.45) is 0 Å². The molecule has 0 spiro atoms. The van der Waals surface area contributed by atoms with Crippen LogP contribution >= 0.6 is 11.8 Å². The van der Waals surface area contributed by atoms with Gasteiger partial charge in [-0.1, -0.05) is 30.0 Å². The van der Waals surface area contributed by atoms with Gasteiger partial charge in [0.1, 0.15) is 5.03 Å². The fraction of sp³-hybridized carbons (Fsp3) is 0.0769. The maximum Gasteiger partial charge on any atom is 0.242 e. The quantitative estimate of drug-likeness (QED) is 0.771. The molecule has 2 heterocycles. The molecule has 0 bridgehead atoms. The number of amides is 1. The Balaban J connectivity index is 2.13. The summed E-state index contributed by atoms with van der Waals surface area (Å²) < 4.78 is 0. The Labute approximate surface area is 103 Å². The second-order valence-electron chi connectivity index (χ2n) is 3.68. The number of nitrogens with zero attached hydrogens (tertiary/aromatic N) is 2. The molecule has 1 aliphatic heterocycles.